The molecular weight excluding hydrogens is 305 g/mol. The fourth-order valence-corrected chi connectivity index (χ4v) is 2.44. The third-order valence-electron chi connectivity index (χ3n) is 4.40. The first-order chi connectivity index (χ1) is 10.9. The van der Waals surface area contributed by atoms with Crippen molar-refractivity contribution in [2.75, 3.05) is 0 Å². The number of ether oxygens (including phenoxy) is 1. The summed E-state index contributed by atoms with van der Waals surface area (Å²) in [4.78, 5) is 16.2. The summed E-state index contributed by atoms with van der Waals surface area (Å²) < 4.78 is 17.4. The van der Waals surface area contributed by atoms with Crippen LogP contribution in [0.4, 0.5) is 0 Å². The Labute approximate surface area is 145 Å². The molecule has 0 bridgehead atoms. The molecule has 1 aromatic rings. The number of carbonyl (C=O) groups excluding carboxylic acids is 1. The van der Waals surface area contributed by atoms with Crippen LogP contribution in [-0.4, -0.2) is 34.9 Å². The van der Waals surface area contributed by atoms with Gasteiger partial charge in [0.1, 0.15) is 11.3 Å². The van der Waals surface area contributed by atoms with Gasteiger partial charge in [-0.15, -0.1) is 0 Å². The van der Waals surface area contributed by atoms with Crippen molar-refractivity contribution < 1.29 is 18.8 Å². The smallest absolute Gasteiger partial charge is 0.455 e. The van der Waals surface area contributed by atoms with Crippen molar-refractivity contribution in [3.63, 3.8) is 0 Å². The molecule has 0 N–H and O–H groups in total. The summed E-state index contributed by atoms with van der Waals surface area (Å²) >= 11 is 0. The minimum atomic E-state index is -0.530. The highest BCUT2D eigenvalue weighted by atomic mass is 16.7. The average molecular weight is 333 g/mol. The number of esters is 1. The Hall–Kier alpha value is -1.40. The van der Waals surface area contributed by atoms with E-state index in [1.54, 1.807) is 12.3 Å². The molecule has 1 aromatic heterocycles. The number of aryl methyl sites for hydroxylation is 1. The molecule has 1 saturated heterocycles. The lowest BCUT2D eigenvalue weighted by Gasteiger charge is -2.32. The molecule has 132 valence electrons. The number of pyridine rings is 1. The second-order valence-corrected chi connectivity index (χ2v) is 8.28. The van der Waals surface area contributed by atoms with Gasteiger partial charge in [0.2, 0.25) is 0 Å². The van der Waals surface area contributed by atoms with Crippen LogP contribution in [0.15, 0.2) is 18.3 Å². The number of aromatic nitrogens is 1. The number of rotatable bonds is 4. The summed E-state index contributed by atoms with van der Waals surface area (Å²) in [6.45, 7) is 13.7. The van der Waals surface area contributed by atoms with Gasteiger partial charge in [-0.3, -0.25) is 0 Å². The van der Waals surface area contributed by atoms with E-state index >= 15 is 0 Å². The molecule has 6 heteroatoms. The third kappa shape index (κ3) is 4.58. The van der Waals surface area contributed by atoms with Gasteiger partial charge in [0.25, 0.3) is 0 Å². The quantitative estimate of drug-likeness (QED) is 0.621. The summed E-state index contributed by atoms with van der Waals surface area (Å²) in [6, 6.07) is 3.68. The summed E-state index contributed by atoms with van der Waals surface area (Å²) in [7, 11) is -0.242. The predicted octanol–water partition coefficient (Wildman–Crippen LogP) is 3.67. The standard InChI is InChI=1S/C18H28BNO4/c1-16(2,3)22-15(21)14-12-13(9-11-20-14)8-10-19-23-17(4,5)18(6,7)24-19/h9,11-12H,8,10H2,1-7H3. The second kappa shape index (κ2) is 6.49. The van der Waals surface area contributed by atoms with E-state index in [2.05, 4.69) is 4.98 Å². The minimum absolute atomic E-state index is 0.242. The number of carbonyl (C=O) groups is 1. The molecule has 5 nitrogen and oxygen atoms in total. The van der Waals surface area contributed by atoms with Crippen LogP contribution in [0.25, 0.3) is 0 Å². The zero-order chi connectivity index (χ0) is 18.2. The molecule has 0 radical (unpaired) electrons. The highest BCUT2D eigenvalue weighted by Crippen LogP contribution is 2.37. The van der Waals surface area contributed by atoms with Crippen LogP contribution in [0.2, 0.25) is 6.32 Å². The van der Waals surface area contributed by atoms with Gasteiger partial charge in [-0.05, 0) is 78.9 Å². The van der Waals surface area contributed by atoms with E-state index < -0.39 is 11.6 Å². The van der Waals surface area contributed by atoms with E-state index in [-0.39, 0.29) is 18.3 Å². The van der Waals surface area contributed by atoms with E-state index in [9.17, 15) is 4.79 Å². The van der Waals surface area contributed by atoms with Crippen molar-refractivity contribution in [3.05, 3.63) is 29.6 Å². The van der Waals surface area contributed by atoms with Crippen molar-refractivity contribution in [1.82, 2.24) is 4.98 Å². The van der Waals surface area contributed by atoms with Crippen LogP contribution >= 0.6 is 0 Å². The molecule has 2 heterocycles. The van der Waals surface area contributed by atoms with Crippen molar-refractivity contribution in [1.29, 1.82) is 0 Å². The van der Waals surface area contributed by atoms with Crippen molar-refractivity contribution in [3.8, 4) is 0 Å². The maximum absolute atomic E-state index is 12.1. The summed E-state index contributed by atoms with van der Waals surface area (Å²) in [5.74, 6) is -0.403. The van der Waals surface area contributed by atoms with E-state index in [4.69, 9.17) is 14.0 Å². The van der Waals surface area contributed by atoms with Gasteiger partial charge >= 0.3 is 13.1 Å². The molecule has 0 unspecified atom stereocenters. The van der Waals surface area contributed by atoms with Crippen molar-refractivity contribution >= 4 is 13.1 Å². The third-order valence-corrected chi connectivity index (χ3v) is 4.40. The summed E-state index contributed by atoms with van der Waals surface area (Å²) in [5.41, 5.74) is 0.170. The fraction of sp³-hybridized carbons (Fsp3) is 0.667. The first kappa shape index (κ1) is 18.9. The molecule has 0 atom stereocenters. The molecule has 0 saturated carbocycles. The minimum Gasteiger partial charge on any atom is -0.455 e. The predicted molar refractivity (Wildman–Crippen MR) is 94.0 cm³/mol. The summed E-state index contributed by atoms with van der Waals surface area (Å²) in [6.07, 6.45) is 3.11. The van der Waals surface area contributed by atoms with E-state index in [0.717, 1.165) is 18.3 Å². The SMILES string of the molecule is CC(C)(C)OC(=O)c1cc(CCB2OC(C)(C)C(C)(C)O2)ccn1. The van der Waals surface area contributed by atoms with Gasteiger partial charge < -0.3 is 14.0 Å². The Bertz CT molecular complexity index is 591. The van der Waals surface area contributed by atoms with Crippen LogP contribution < -0.4 is 0 Å². The van der Waals surface area contributed by atoms with Gasteiger partial charge in [0, 0.05) is 6.20 Å². The zero-order valence-electron chi connectivity index (χ0n) is 15.8. The van der Waals surface area contributed by atoms with Gasteiger partial charge in [-0.1, -0.05) is 0 Å². The van der Waals surface area contributed by atoms with Crippen molar-refractivity contribution in [2.24, 2.45) is 0 Å². The molecule has 0 amide bonds. The van der Waals surface area contributed by atoms with Crippen molar-refractivity contribution in [2.45, 2.75) is 78.0 Å². The first-order valence-electron chi connectivity index (χ1n) is 8.43. The second-order valence-electron chi connectivity index (χ2n) is 8.28. The normalized spacial score (nSPS) is 19.4. The lowest BCUT2D eigenvalue weighted by Crippen LogP contribution is -2.41. The monoisotopic (exact) mass is 333 g/mol. The molecule has 1 aliphatic heterocycles. The molecule has 0 aromatic carbocycles. The highest BCUT2D eigenvalue weighted by Gasteiger charge is 2.50. The number of nitrogens with zero attached hydrogens (tertiary/aromatic N) is 1. The van der Waals surface area contributed by atoms with Gasteiger partial charge in [-0.2, -0.15) is 0 Å². The van der Waals surface area contributed by atoms with Crippen LogP contribution in [0.5, 0.6) is 0 Å². The van der Waals surface area contributed by atoms with Crippen LogP contribution in [-0.2, 0) is 20.5 Å². The largest absolute Gasteiger partial charge is 0.458 e. The molecule has 0 spiro atoms. The zero-order valence-corrected chi connectivity index (χ0v) is 15.8. The number of hydrogen-bond donors (Lipinski definition) is 0. The van der Waals surface area contributed by atoms with E-state index in [1.165, 1.54) is 0 Å². The molecule has 24 heavy (non-hydrogen) atoms. The Kier molecular flexibility index (Phi) is 5.12. The Morgan fingerprint density at radius 1 is 1.21 bits per heavy atom. The fourth-order valence-electron chi connectivity index (χ4n) is 2.44. The Morgan fingerprint density at radius 2 is 1.79 bits per heavy atom. The molecule has 2 rings (SSSR count). The Morgan fingerprint density at radius 3 is 2.33 bits per heavy atom. The Balaban J connectivity index is 1.97. The molecule has 0 aliphatic carbocycles. The first-order valence-corrected chi connectivity index (χ1v) is 8.43. The maximum Gasteiger partial charge on any atom is 0.458 e. The average Bonchev–Trinajstić information content (AvgIpc) is 2.63. The van der Waals surface area contributed by atoms with Crippen LogP contribution in [0.1, 0.15) is 64.5 Å². The molecule has 1 fully saturated rings. The van der Waals surface area contributed by atoms with E-state index in [1.807, 2.05) is 54.5 Å². The molecule has 1 aliphatic rings. The van der Waals surface area contributed by atoms with Gasteiger partial charge in [0.05, 0.1) is 11.2 Å². The van der Waals surface area contributed by atoms with Crippen LogP contribution in [0, 0.1) is 0 Å². The summed E-state index contributed by atoms with van der Waals surface area (Å²) in [5, 5.41) is 0. The lowest BCUT2D eigenvalue weighted by atomic mass is 9.81. The molecular formula is C18H28BNO4. The van der Waals surface area contributed by atoms with E-state index in [0.29, 0.717) is 5.69 Å². The highest BCUT2D eigenvalue weighted by molar-refractivity contribution is 6.45. The van der Waals surface area contributed by atoms with Gasteiger partial charge in [0.15, 0.2) is 0 Å². The lowest BCUT2D eigenvalue weighted by molar-refractivity contribution is 0.00578. The topological polar surface area (TPSA) is 57.7 Å². The van der Waals surface area contributed by atoms with Gasteiger partial charge in [-0.25, -0.2) is 9.78 Å². The van der Waals surface area contributed by atoms with Crippen LogP contribution in [0.3, 0.4) is 0 Å². The maximum atomic E-state index is 12.1. The number of hydrogen-bond acceptors (Lipinski definition) is 5.